The van der Waals surface area contributed by atoms with Crippen LogP contribution in [0, 0.1) is 23.7 Å². The number of rotatable bonds is 3. The zero-order chi connectivity index (χ0) is 21.4. The van der Waals surface area contributed by atoms with Gasteiger partial charge in [-0.25, -0.2) is 4.98 Å². The molecule has 3 aromatic rings. The number of hydrogen-bond acceptors (Lipinski definition) is 4. The highest BCUT2D eigenvalue weighted by molar-refractivity contribution is 5.93. The van der Waals surface area contributed by atoms with Crippen LogP contribution in [0.5, 0.6) is 5.75 Å². The van der Waals surface area contributed by atoms with E-state index in [1.807, 2.05) is 37.3 Å². The minimum atomic E-state index is -0.616. The van der Waals surface area contributed by atoms with Crippen molar-refractivity contribution in [2.45, 2.75) is 6.92 Å². The summed E-state index contributed by atoms with van der Waals surface area (Å²) in [5, 5.41) is 0. The molecule has 1 saturated heterocycles. The summed E-state index contributed by atoms with van der Waals surface area (Å²) in [5.41, 5.74) is 8.39. The van der Waals surface area contributed by atoms with E-state index >= 15 is 0 Å². The summed E-state index contributed by atoms with van der Waals surface area (Å²) in [6.07, 6.45) is 1.71. The molecule has 2 N–H and O–H groups in total. The number of primary amides is 1. The van der Waals surface area contributed by atoms with Gasteiger partial charge < -0.3 is 15.4 Å². The van der Waals surface area contributed by atoms with E-state index in [0.29, 0.717) is 17.0 Å². The van der Waals surface area contributed by atoms with Crippen LogP contribution in [-0.2, 0) is 4.79 Å². The second-order valence-corrected chi connectivity index (χ2v) is 7.49. The molecule has 2 amide bonds. The van der Waals surface area contributed by atoms with E-state index in [1.54, 1.807) is 35.7 Å². The van der Waals surface area contributed by atoms with Gasteiger partial charge in [-0.3, -0.25) is 14.0 Å². The number of pyridine rings is 1. The number of fused-ring (bicyclic) bond motifs is 1. The van der Waals surface area contributed by atoms with Gasteiger partial charge in [-0.2, -0.15) is 0 Å². The molecule has 1 aromatic carbocycles. The lowest BCUT2D eigenvalue weighted by atomic mass is 9.97. The number of carbonyl (C=O) groups is 2. The molecule has 1 fully saturated rings. The van der Waals surface area contributed by atoms with Crippen LogP contribution in [0.1, 0.15) is 23.1 Å². The van der Waals surface area contributed by atoms with Crippen LogP contribution in [0.2, 0.25) is 0 Å². The smallest absolute Gasteiger partial charge is 0.285 e. The number of amides is 2. The van der Waals surface area contributed by atoms with Crippen LogP contribution < -0.4 is 10.5 Å². The zero-order valence-electron chi connectivity index (χ0n) is 17.0. The van der Waals surface area contributed by atoms with E-state index in [1.165, 1.54) is 0 Å². The maximum atomic E-state index is 12.3. The molecule has 3 heterocycles. The van der Waals surface area contributed by atoms with Crippen LogP contribution in [0.4, 0.5) is 0 Å². The molecular formula is C23H22N4O3. The normalized spacial score (nSPS) is 18.4. The predicted octanol–water partition coefficient (Wildman–Crippen LogP) is 2.18. The highest BCUT2D eigenvalue weighted by Gasteiger charge is 2.34. The molecule has 0 spiro atoms. The summed E-state index contributed by atoms with van der Waals surface area (Å²) in [4.78, 5) is 30.3. The third kappa shape index (κ3) is 3.37. The van der Waals surface area contributed by atoms with Crippen LogP contribution in [-0.4, -0.2) is 46.8 Å². The summed E-state index contributed by atoms with van der Waals surface area (Å²) < 4.78 is 6.96. The lowest BCUT2D eigenvalue weighted by Crippen LogP contribution is -2.21. The summed E-state index contributed by atoms with van der Waals surface area (Å²) >= 11 is 0. The Balaban J connectivity index is 1.76. The fourth-order valence-electron chi connectivity index (χ4n) is 3.80. The summed E-state index contributed by atoms with van der Waals surface area (Å²) in [6, 6.07) is 11.1. The Labute approximate surface area is 174 Å². The van der Waals surface area contributed by atoms with Crippen molar-refractivity contribution in [3.63, 3.8) is 0 Å². The standard InChI is InChI=1S/C23H22N4O3/c1-14-13-26(2)23(29)18(14)8-7-15-5-4-6-16(11-15)20-19-12-17(30-3)9-10-27(19)22(25-20)21(24)28/h4-6,9-12,14,18H,13H2,1-3H3,(H2,24,28). The quantitative estimate of drug-likeness (QED) is 0.680. The van der Waals surface area contributed by atoms with Gasteiger partial charge in [0.25, 0.3) is 5.91 Å². The fraction of sp³-hybridized carbons (Fsp3) is 0.261. The number of nitrogens with two attached hydrogens (primary N) is 1. The number of methoxy groups -OCH3 is 1. The lowest BCUT2D eigenvalue weighted by molar-refractivity contribution is -0.128. The molecule has 4 rings (SSSR count). The van der Waals surface area contributed by atoms with Crippen molar-refractivity contribution in [1.82, 2.24) is 14.3 Å². The van der Waals surface area contributed by atoms with Gasteiger partial charge in [-0.1, -0.05) is 30.9 Å². The number of imidazole rings is 1. The second-order valence-electron chi connectivity index (χ2n) is 7.49. The minimum absolute atomic E-state index is 0.0597. The van der Waals surface area contributed by atoms with E-state index < -0.39 is 5.91 Å². The first-order chi connectivity index (χ1) is 14.4. The molecule has 152 valence electrons. The number of likely N-dealkylation sites (tertiary alicyclic amines) is 1. The number of aromatic nitrogens is 2. The zero-order valence-corrected chi connectivity index (χ0v) is 17.0. The topological polar surface area (TPSA) is 89.9 Å². The van der Waals surface area contributed by atoms with Gasteiger partial charge >= 0.3 is 0 Å². The molecule has 2 unspecified atom stereocenters. The largest absolute Gasteiger partial charge is 0.497 e. The number of hydrogen-bond donors (Lipinski definition) is 1. The van der Waals surface area contributed by atoms with E-state index in [2.05, 4.69) is 16.8 Å². The molecule has 0 radical (unpaired) electrons. The molecule has 0 saturated carbocycles. The van der Waals surface area contributed by atoms with Gasteiger partial charge in [0.05, 0.1) is 18.3 Å². The number of ether oxygens (including phenoxy) is 1. The SMILES string of the molecule is COc1ccn2c(C(N)=O)nc(-c3cccc(C#CC4C(=O)N(C)CC4C)c3)c2c1. The molecule has 7 heteroatoms. The van der Waals surface area contributed by atoms with Gasteiger partial charge in [-0.05, 0) is 24.1 Å². The van der Waals surface area contributed by atoms with Crippen LogP contribution >= 0.6 is 0 Å². The van der Waals surface area contributed by atoms with Gasteiger partial charge in [0.2, 0.25) is 11.7 Å². The molecule has 0 bridgehead atoms. The number of nitrogens with zero attached hydrogens (tertiary/aromatic N) is 3. The first-order valence-corrected chi connectivity index (χ1v) is 9.62. The highest BCUT2D eigenvalue weighted by Crippen LogP contribution is 2.28. The summed E-state index contributed by atoms with van der Waals surface area (Å²) in [5.74, 6) is 6.39. The van der Waals surface area contributed by atoms with Crippen molar-refractivity contribution in [2.24, 2.45) is 17.6 Å². The number of benzene rings is 1. The van der Waals surface area contributed by atoms with Crippen LogP contribution in [0.15, 0.2) is 42.6 Å². The van der Waals surface area contributed by atoms with E-state index in [0.717, 1.165) is 17.7 Å². The van der Waals surface area contributed by atoms with Crippen LogP contribution in [0.3, 0.4) is 0 Å². The minimum Gasteiger partial charge on any atom is -0.497 e. The van der Waals surface area contributed by atoms with E-state index in [9.17, 15) is 9.59 Å². The van der Waals surface area contributed by atoms with Crippen molar-refractivity contribution in [3.05, 3.63) is 54.0 Å². The molecule has 2 atom stereocenters. The van der Waals surface area contributed by atoms with Crippen molar-refractivity contribution in [3.8, 4) is 28.8 Å². The van der Waals surface area contributed by atoms with E-state index in [4.69, 9.17) is 10.5 Å². The second kappa shape index (κ2) is 7.56. The molecule has 2 aromatic heterocycles. The first-order valence-electron chi connectivity index (χ1n) is 9.62. The first kappa shape index (κ1) is 19.5. The Bertz CT molecular complexity index is 1220. The van der Waals surface area contributed by atoms with Crippen LogP contribution in [0.25, 0.3) is 16.8 Å². The van der Waals surface area contributed by atoms with E-state index in [-0.39, 0.29) is 23.6 Å². The summed E-state index contributed by atoms with van der Waals surface area (Å²) in [6.45, 7) is 2.75. The third-order valence-corrected chi connectivity index (χ3v) is 5.35. The van der Waals surface area contributed by atoms with Crippen molar-refractivity contribution in [1.29, 1.82) is 0 Å². The van der Waals surface area contributed by atoms with Gasteiger partial charge in [0.15, 0.2) is 0 Å². The summed E-state index contributed by atoms with van der Waals surface area (Å²) in [7, 11) is 3.38. The van der Waals surface area contributed by atoms with Crippen molar-refractivity contribution >= 4 is 17.3 Å². The third-order valence-electron chi connectivity index (χ3n) is 5.35. The molecule has 1 aliphatic heterocycles. The fourth-order valence-corrected chi connectivity index (χ4v) is 3.80. The Hall–Kier alpha value is -3.79. The monoisotopic (exact) mass is 402 g/mol. The Morgan fingerprint density at radius 1 is 1.30 bits per heavy atom. The maximum Gasteiger partial charge on any atom is 0.285 e. The Morgan fingerprint density at radius 2 is 2.10 bits per heavy atom. The Kier molecular flexibility index (Phi) is 4.92. The van der Waals surface area contributed by atoms with Gasteiger partial charge in [-0.15, -0.1) is 0 Å². The highest BCUT2D eigenvalue weighted by atomic mass is 16.5. The molecule has 1 aliphatic rings. The average molecular weight is 402 g/mol. The average Bonchev–Trinajstić information content (AvgIpc) is 3.23. The maximum absolute atomic E-state index is 12.3. The molecule has 7 nitrogen and oxygen atoms in total. The molecule has 30 heavy (non-hydrogen) atoms. The molecular weight excluding hydrogens is 380 g/mol. The van der Waals surface area contributed by atoms with Crippen molar-refractivity contribution in [2.75, 3.05) is 20.7 Å². The molecule has 0 aliphatic carbocycles. The van der Waals surface area contributed by atoms with Gasteiger partial charge in [0, 0.05) is 37.0 Å². The number of carbonyl (C=O) groups excluding carboxylic acids is 2. The predicted molar refractivity (Wildman–Crippen MR) is 113 cm³/mol. The van der Waals surface area contributed by atoms with Crippen molar-refractivity contribution < 1.29 is 14.3 Å². The Morgan fingerprint density at radius 3 is 2.77 bits per heavy atom. The lowest BCUT2D eigenvalue weighted by Gasteiger charge is -2.05. The van der Waals surface area contributed by atoms with Gasteiger partial charge in [0.1, 0.15) is 11.7 Å².